The van der Waals surface area contributed by atoms with Crippen molar-refractivity contribution in [1.82, 2.24) is 4.90 Å². The Morgan fingerprint density at radius 3 is 2.50 bits per heavy atom. The third-order valence-corrected chi connectivity index (χ3v) is 4.27. The Morgan fingerprint density at radius 1 is 1.27 bits per heavy atom. The van der Waals surface area contributed by atoms with Crippen molar-refractivity contribution < 1.29 is 14.6 Å². The third kappa shape index (κ3) is 4.22. The van der Waals surface area contributed by atoms with Crippen molar-refractivity contribution in [3.63, 3.8) is 0 Å². The van der Waals surface area contributed by atoms with Crippen molar-refractivity contribution in [2.75, 3.05) is 32.9 Å². The number of nitrogens with zero attached hydrogens (tertiary/aromatic N) is 1. The number of hydrogen-bond donors (Lipinski definition) is 1. The van der Waals surface area contributed by atoms with E-state index in [2.05, 4.69) is 37.8 Å². The molecule has 1 unspecified atom stereocenters. The van der Waals surface area contributed by atoms with Crippen LogP contribution in [0.4, 0.5) is 0 Å². The van der Waals surface area contributed by atoms with Gasteiger partial charge in [-0.25, -0.2) is 0 Å². The van der Waals surface area contributed by atoms with Crippen LogP contribution < -0.4 is 4.74 Å². The molecule has 0 aromatic heterocycles. The van der Waals surface area contributed by atoms with Crippen LogP contribution >= 0.6 is 0 Å². The van der Waals surface area contributed by atoms with Gasteiger partial charge in [0, 0.05) is 18.6 Å². The highest BCUT2D eigenvalue weighted by molar-refractivity contribution is 5.42. The molecule has 4 heteroatoms. The molecule has 1 aliphatic heterocycles. The summed E-state index contributed by atoms with van der Waals surface area (Å²) in [5.41, 5.74) is 3.44. The maximum absolute atomic E-state index is 10.3. The van der Waals surface area contributed by atoms with Crippen LogP contribution in [0.1, 0.15) is 30.5 Å². The average molecular weight is 307 g/mol. The van der Waals surface area contributed by atoms with Crippen LogP contribution in [-0.4, -0.2) is 54.6 Å². The van der Waals surface area contributed by atoms with Crippen molar-refractivity contribution in [2.24, 2.45) is 0 Å². The number of ether oxygens (including phenoxy) is 2. The normalized spacial score (nSPS) is 19.9. The van der Waals surface area contributed by atoms with E-state index in [1.54, 1.807) is 0 Å². The monoisotopic (exact) mass is 307 g/mol. The maximum Gasteiger partial charge on any atom is 0.125 e. The molecule has 1 aromatic carbocycles. The molecule has 4 nitrogen and oxygen atoms in total. The van der Waals surface area contributed by atoms with Crippen LogP contribution in [0.25, 0.3) is 0 Å². The second-order valence-corrected chi connectivity index (χ2v) is 7.00. The molecule has 0 aliphatic carbocycles. The van der Waals surface area contributed by atoms with Gasteiger partial charge in [0.25, 0.3) is 0 Å². The summed E-state index contributed by atoms with van der Waals surface area (Å²) >= 11 is 0. The van der Waals surface area contributed by atoms with Crippen molar-refractivity contribution in [2.45, 2.75) is 46.3 Å². The summed E-state index contributed by atoms with van der Waals surface area (Å²) in [6, 6.07) is 4.22. The zero-order valence-corrected chi connectivity index (χ0v) is 14.5. The summed E-state index contributed by atoms with van der Waals surface area (Å²) in [7, 11) is 0. The second-order valence-electron chi connectivity index (χ2n) is 7.00. The molecule has 1 N–H and O–H groups in total. The van der Waals surface area contributed by atoms with E-state index in [4.69, 9.17) is 9.47 Å². The topological polar surface area (TPSA) is 41.9 Å². The molecule has 0 bridgehead atoms. The highest BCUT2D eigenvalue weighted by atomic mass is 16.5. The molecular formula is C18H29NO3. The standard InChI is InChI=1S/C18H29NO3/c1-13-8-14(2)17(15(3)9-13)22-11-16(20)10-19-6-7-21-12-18(19,4)5/h8-9,16,20H,6-7,10-12H2,1-5H3. The smallest absolute Gasteiger partial charge is 0.125 e. The lowest BCUT2D eigenvalue weighted by molar-refractivity contribution is -0.0703. The van der Waals surface area contributed by atoms with Crippen LogP contribution in [0.15, 0.2) is 12.1 Å². The predicted molar refractivity (Wildman–Crippen MR) is 88.6 cm³/mol. The first-order chi connectivity index (χ1) is 10.3. The first-order valence-corrected chi connectivity index (χ1v) is 8.01. The lowest BCUT2D eigenvalue weighted by Crippen LogP contribution is -2.55. The minimum atomic E-state index is -0.502. The van der Waals surface area contributed by atoms with E-state index in [1.165, 1.54) is 5.56 Å². The molecule has 1 atom stereocenters. The molecule has 1 aliphatic rings. The summed E-state index contributed by atoms with van der Waals surface area (Å²) in [4.78, 5) is 2.28. The Kier molecular flexibility index (Phi) is 5.48. The lowest BCUT2D eigenvalue weighted by atomic mass is 10.0. The number of rotatable bonds is 5. The number of aliphatic hydroxyl groups is 1. The largest absolute Gasteiger partial charge is 0.490 e. The van der Waals surface area contributed by atoms with Gasteiger partial charge in [0.05, 0.1) is 13.2 Å². The van der Waals surface area contributed by atoms with Crippen molar-refractivity contribution in [3.05, 3.63) is 28.8 Å². The van der Waals surface area contributed by atoms with Crippen LogP contribution in [0.2, 0.25) is 0 Å². The Labute approximate surface area is 134 Å². The number of benzene rings is 1. The van der Waals surface area contributed by atoms with Gasteiger partial charge in [-0.15, -0.1) is 0 Å². The van der Waals surface area contributed by atoms with Crippen LogP contribution in [0.5, 0.6) is 5.75 Å². The van der Waals surface area contributed by atoms with Crippen LogP contribution in [-0.2, 0) is 4.74 Å². The van der Waals surface area contributed by atoms with E-state index in [-0.39, 0.29) is 5.54 Å². The van der Waals surface area contributed by atoms with Crippen molar-refractivity contribution in [3.8, 4) is 5.75 Å². The number of β-amino-alcohol motifs (C(OH)–C–C–N with tert-alkyl or cyclic N) is 1. The number of morpholine rings is 1. The molecule has 1 fully saturated rings. The second kappa shape index (κ2) is 6.99. The van der Waals surface area contributed by atoms with Gasteiger partial charge in [-0.1, -0.05) is 17.7 Å². The molecule has 0 saturated carbocycles. The van der Waals surface area contributed by atoms with Gasteiger partial charge in [-0.05, 0) is 45.7 Å². The fraction of sp³-hybridized carbons (Fsp3) is 0.667. The molecule has 0 spiro atoms. The number of hydrogen-bond acceptors (Lipinski definition) is 4. The van der Waals surface area contributed by atoms with E-state index in [9.17, 15) is 5.11 Å². The predicted octanol–water partition coefficient (Wildman–Crippen LogP) is 2.46. The van der Waals surface area contributed by atoms with Gasteiger partial charge >= 0.3 is 0 Å². The molecule has 1 heterocycles. The third-order valence-electron chi connectivity index (χ3n) is 4.27. The number of aliphatic hydroxyl groups excluding tert-OH is 1. The number of aryl methyl sites for hydroxylation is 3. The SMILES string of the molecule is Cc1cc(C)c(OCC(O)CN2CCOCC2(C)C)c(C)c1. The summed E-state index contributed by atoms with van der Waals surface area (Å²) in [6.45, 7) is 13.7. The fourth-order valence-corrected chi connectivity index (χ4v) is 3.11. The zero-order chi connectivity index (χ0) is 16.3. The Hall–Kier alpha value is -1.10. The van der Waals surface area contributed by atoms with Crippen LogP contribution in [0.3, 0.4) is 0 Å². The molecule has 22 heavy (non-hydrogen) atoms. The Bertz CT molecular complexity index is 490. The van der Waals surface area contributed by atoms with Crippen molar-refractivity contribution >= 4 is 0 Å². The van der Waals surface area contributed by atoms with Gasteiger partial charge in [-0.2, -0.15) is 0 Å². The highest BCUT2D eigenvalue weighted by Crippen LogP contribution is 2.25. The lowest BCUT2D eigenvalue weighted by Gasteiger charge is -2.42. The summed E-state index contributed by atoms with van der Waals surface area (Å²) in [6.07, 6.45) is -0.502. The van der Waals surface area contributed by atoms with E-state index < -0.39 is 6.10 Å². The summed E-state index contributed by atoms with van der Waals surface area (Å²) in [5, 5.41) is 10.3. The molecule has 0 amide bonds. The molecule has 1 aromatic rings. The minimum absolute atomic E-state index is 0.0328. The van der Waals surface area contributed by atoms with E-state index >= 15 is 0 Å². The van der Waals surface area contributed by atoms with Crippen LogP contribution in [0, 0.1) is 20.8 Å². The maximum atomic E-state index is 10.3. The van der Waals surface area contributed by atoms with Gasteiger partial charge in [-0.3, -0.25) is 4.90 Å². The first-order valence-electron chi connectivity index (χ1n) is 8.01. The van der Waals surface area contributed by atoms with E-state index in [0.717, 1.165) is 30.0 Å². The molecule has 124 valence electrons. The molecular weight excluding hydrogens is 278 g/mol. The minimum Gasteiger partial charge on any atom is -0.490 e. The van der Waals surface area contributed by atoms with Gasteiger partial charge < -0.3 is 14.6 Å². The first kappa shape index (κ1) is 17.3. The average Bonchev–Trinajstić information content (AvgIpc) is 2.40. The van der Waals surface area contributed by atoms with Gasteiger partial charge in [0.1, 0.15) is 18.5 Å². The Morgan fingerprint density at radius 2 is 1.91 bits per heavy atom. The zero-order valence-electron chi connectivity index (χ0n) is 14.5. The molecule has 1 saturated heterocycles. The van der Waals surface area contributed by atoms with Gasteiger partial charge in [0.2, 0.25) is 0 Å². The summed E-state index contributed by atoms with van der Waals surface area (Å²) in [5.74, 6) is 0.894. The molecule has 2 rings (SSSR count). The Balaban J connectivity index is 1.92. The molecule has 0 radical (unpaired) electrons. The quantitative estimate of drug-likeness (QED) is 0.907. The van der Waals surface area contributed by atoms with Gasteiger partial charge in [0.15, 0.2) is 0 Å². The summed E-state index contributed by atoms with van der Waals surface area (Å²) < 4.78 is 11.4. The van der Waals surface area contributed by atoms with E-state index in [0.29, 0.717) is 19.8 Å². The van der Waals surface area contributed by atoms with E-state index in [1.807, 2.05) is 13.8 Å². The highest BCUT2D eigenvalue weighted by Gasteiger charge is 2.31. The fourth-order valence-electron chi connectivity index (χ4n) is 3.11. The van der Waals surface area contributed by atoms with Crippen molar-refractivity contribution in [1.29, 1.82) is 0 Å².